The maximum atomic E-state index is 6.15. The molecule has 0 atom stereocenters. The number of aromatic nitrogens is 2. The predicted molar refractivity (Wildman–Crippen MR) is 83.2 cm³/mol. The van der Waals surface area contributed by atoms with Gasteiger partial charge in [0.1, 0.15) is 12.1 Å². The van der Waals surface area contributed by atoms with E-state index in [1.165, 1.54) is 0 Å². The van der Waals surface area contributed by atoms with Gasteiger partial charge in [0.05, 0.1) is 5.52 Å². The SMILES string of the molecule is Clc1ccccc1CCNc1ncnc2ccccc12. The van der Waals surface area contributed by atoms with Crippen LogP contribution >= 0.6 is 11.6 Å². The van der Waals surface area contributed by atoms with Gasteiger partial charge in [-0.3, -0.25) is 0 Å². The molecule has 0 radical (unpaired) electrons. The number of rotatable bonds is 4. The molecule has 0 fully saturated rings. The van der Waals surface area contributed by atoms with E-state index in [-0.39, 0.29) is 0 Å². The minimum absolute atomic E-state index is 0.782. The van der Waals surface area contributed by atoms with Crippen molar-refractivity contribution < 1.29 is 0 Å². The van der Waals surface area contributed by atoms with E-state index < -0.39 is 0 Å². The Balaban J connectivity index is 1.73. The molecule has 0 aliphatic carbocycles. The molecule has 1 N–H and O–H groups in total. The van der Waals surface area contributed by atoms with E-state index in [9.17, 15) is 0 Å². The van der Waals surface area contributed by atoms with Crippen LogP contribution in [0, 0.1) is 0 Å². The number of hydrogen-bond donors (Lipinski definition) is 1. The quantitative estimate of drug-likeness (QED) is 0.788. The molecular formula is C16H14ClN3. The number of nitrogens with one attached hydrogen (secondary N) is 1. The molecule has 3 aromatic rings. The molecule has 3 rings (SSSR count). The van der Waals surface area contributed by atoms with Gasteiger partial charge in [-0.2, -0.15) is 0 Å². The number of hydrogen-bond acceptors (Lipinski definition) is 3. The predicted octanol–water partition coefficient (Wildman–Crippen LogP) is 3.94. The van der Waals surface area contributed by atoms with Crippen molar-refractivity contribution in [2.24, 2.45) is 0 Å². The van der Waals surface area contributed by atoms with Crippen LogP contribution < -0.4 is 5.32 Å². The van der Waals surface area contributed by atoms with Crippen molar-refractivity contribution in [1.82, 2.24) is 9.97 Å². The zero-order valence-electron chi connectivity index (χ0n) is 10.9. The summed E-state index contributed by atoms with van der Waals surface area (Å²) in [4.78, 5) is 8.56. The standard InChI is InChI=1S/C16H14ClN3/c17-14-7-3-1-5-12(14)9-10-18-16-13-6-2-4-8-15(13)19-11-20-16/h1-8,11H,9-10H2,(H,18,19,20). The summed E-state index contributed by atoms with van der Waals surface area (Å²) in [5.74, 6) is 0.864. The summed E-state index contributed by atoms with van der Waals surface area (Å²) >= 11 is 6.15. The Morgan fingerprint density at radius 3 is 2.65 bits per heavy atom. The van der Waals surface area contributed by atoms with Crippen LogP contribution in [0.2, 0.25) is 5.02 Å². The lowest BCUT2D eigenvalue weighted by molar-refractivity contribution is 1.01. The van der Waals surface area contributed by atoms with Gasteiger partial charge >= 0.3 is 0 Å². The molecule has 0 saturated carbocycles. The van der Waals surface area contributed by atoms with E-state index in [2.05, 4.69) is 15.3 Å². The summed E-state index contributed by atoms with van der Waals surface area (Å²) in [6, 6.07) is 15.9. The monoisotopic (exact) mass is 283 g/mol. The number of para-hydroxylation sites is 1. The van der Waals surface area contributed by atoms with Crippen LogP contribution in [0.3, 0.4) is 0 Å². The van der Waals surface area contributed by atoms with E-state index in [0.29, 0.717) is 0 Å². The molecule has 3 nitrogen and oxygen atoms in total. The van der Waals surface area contributed by atoms with Crippen molar-refractivity contribution in [2.75, 3.05) is 11.9 Å². The second-order valence-corrected chi connectivity index (χ2v) is 4.91. The molecule has 1 aromatic heterocycles. The van der Waals surface area contributed by atoms with Gasteiger partial charge in [-0.1, -0.05) is 41.9 Å². The molecule has 0 spiro atoms. The normalized spacial score (nSPS) is 10.7. The minimum atomic E-state index is 0.782. The molecule has 1 heterocycles. The van der Waals surface area contributed by atoms with E-state index in [0.717, 1.165) is 40.3 Å². The molecule has 0 aliphatic rings. The third-order valence-corrected chi connectivity index (χ3v) is 3.56. The van der Waals surface area contributed by atoms with Gasteiger partial charge in [-0.25, -0.2) is 9.97 Å². The summed E-state index contributed by atoms with van der Waals surface area (Å²) in [5, 5.41) is 5.20. The van der Waals surface area contributed by atoms with Gasteiger partial charge < -0.3 is 5.32 Å². The fourth-order valence-corrected chi connectivity index (χ4v) is 2.39. The molecule has 0 aliphatic heterocycles. The summed E-state index contributed by atoms with van der Waals surface area (Å²) in [7, 11) is 0. The Hall–Kier alpha value is -2.13. The first-order valence-electron chi connectivity index (χ1n) is 6.51. The zero-order chi connectivity index (χ0) is 13.8. The lowest BCUT2D eigenvalue weighted by Crippen LogP contribution is -2.07. The van der Waals surface area contributed by atoms with Gasteiger partial charge in [0, 0.05) is 17.0 Å². The van der Waals surface area contributed by atoms with Crippen molar-refractivity contribution in [3.05, 3.63) is 65.4 Å². The van der Waals surface area contributed by atoms with E-state index in [4.69, 9.17) is 11.6 Å². The largest absolute Gasteiger partial charge is 0.369 e. The molecule has 4 heteroatoms. The Labute approximate surface area is 122 Å². The highest BCUT2D eigenvalue weighted by Gasteiger charge is 2.03. The Kier molecular flexibility index (Phi) is 3.79. The van der Waals surface area contributed by atoms with Crippen LogP contribution in [0.1, 0.15) is 5.56 Å². The molecule has 0 amide bonds. The number of benzene rings is 2. The maximum absolute atomic E-state index is 6.15. The number of nitrogens with zero attached hydrogens (tertiary/aromatic N) is 2. The average Bonchev–Trinajstić information content (AvgIpc) is 2.49. The molecule has 0 bridgehead atoms. The topological polar surface area (TPSA) is 37.8 Å². The van der Waals surface area contributed by atoms with Crippen LogP contribution in [0.15, 0.2) is 54.9 Å². The summed E-state index contributed by atoms with van der Waals surface area (Å²) in [6.45, 7) is 0.782. The number of anilines is 1. The number of fused-ring (bicyclic) bond motifs is 1. The Bertz CT molecular complexity index is 722. The van der Waals surface area contributed by atoms with Gasteiger partial charge in [0.15, 0.2) is 0 Å². The van der Waals surface area contributed by atoms with E-state index in [1.807, 2.05) is 48.5 Å². The van der Waals surface area contributed by atoms with Crippen molar-refractivity contribution >= 4 is 28.3 Å². The van der Waals surface area contributed by atoms with Crippen molar-refractivity contribution in [2.45, 2.75) is 6.42 Å². The second-order valence-electron chi connectivity index (χ2n) is 4.51. The molecule has 0 saturated heterocycles. The van der Waals surface area contributed by atoms with E-state index in [1.54, 1.807) is 6.33 Å². The first kappa shape index (κ1) is 12.9. The first-order valence-corrected chi connectivity index (χ1v) is 6.89. The highest BCUT2D eigenvalue weighted by molar-refractivity contribution is 6.31. The summed E-state index contributed by atoms with van der Waals surface area (Å²) in [6.07, 6.45) is 2.44. The summed E-state index contributed by atoms with van der Waals surface area (Å²) in [5.41, 5.74) is 2.09. The first-order chi connectivity index (χ1) is 9.84. The van der Waals surface area contributed by atoms with Gasteiger partial charge in [-0.15, -0.1) is 0 Å². The van der Waals surface area contributed by atoms with Crippen molar-refractivity contribution in [3.8, 4) is 0 Å². The van der Waals surface area contributed by atoms with Crippen molar-refractivity contribution in [3.63, 3.8) is 0 Å². The molecule has 2 aromatic carbocycles. The van der Waals surface area contributed by atoms with Gasteiger partial charge in [0.25, 0.3) is 0 Å². The zero-order valence-corrected chi connectivity index (χ0v) is 11.6. The molecule has 20 heavy (non-hydrogen) atoms. The second kappa shape index (κ2) is 5.88. The Morgan fingerprint density at radius 1 is 0.950 bits per heavy atom. The van der Waals surface area contributed by atoms with Crippen LogP contribution in [0.4, 0.5) is 5.82 Å². The van der Waals surface area contributed by atoms with Crippen molar-refractivity contribution in [1.29, 1.82) is 0 Å². The molecular weight excluding hydrogens is 270 g/mol. The molecule has 0 unspecified atom stereocenters. The minimum Gasteiger partial charge on any atom is -0.369 e. The fraction of sp³-hybridized carbons (Fsp3) is 0.125. The van der Waals surface area contributed by atoms with Gasteiger partial charge in [-0.05, 0) is 30.2 Å². The van der Waals surface area contributed by atoms with Gasteiger partial charge in [0.2, 0.25) is 0 Å². The van der Waals surface area contributed by atoms with Crippen LogP contribution in [-0.4, -0.2) is 16.5 Å². The molecule has 100 valence electrons. The van der Waals surface area contributed by atoms with Crippen LogP contribution in [0.25, 0.3) is 10.9 Å². The van der Waals surface area contributed by atoms with Crippen LogP contribution in [0.5, 0.6) is 0 Å². The lowest BCUT2D eigenvalue weighted by Gasteiger charge is -2.08. The summed E-state index contributed by atoms with van der Waals surface area (Å²) < 4.78 is 0. The third-order valence-electron chi connectivity index (χ3n) is 3.19. The smallest absolute Gasteiger partial charge is 0.137 e. The maximum Gasteiger partial charge on any atom is 0.137 e. The highest BCUT2D eigenvalue weighted by Crippen LogP contribution is 2.19. The third kappa shape index (κ3) is 2.73. The average molecular weight is 284 g/mol. The number of halogens is 1. The van der Waals surface area contributed by atoms with Crippen LogP contribution in [-0.2, 0) is 6.42 Å². The fourth-order valence-electron chi connectivity index (χ4n) is 2.16. The lowest BCUT2D eigenvalue weighted by atomic mass is 10.1. The highest BCUT2D eigenvalue weighted by atomic mass is 35.5. The Morgan fingerprint density at radius 2 is 1.75 bits per heavy atom. The van der Waals surface area contributed by atoms with E-state index >= 15 is 0 Å².